The van der Waals surface area contributed by atoms with Crippen LogP contribution in [0, 0.1) is 12.3 Å². The molecule has 1 fully saturated rings. The highest BCUT2D eigenvalue weighted by Gasteiger charge is 2.11. The van der Waals surface area contributed by atoms with Crippen molar-refractivity contribution in [2.45, 2.75) is 25.7 Å². The van der Waals surface area contributed by atoms with Gasteiger partial charge in [0, 0.05) is 6.54 Å². The summed E-state index contributed by atoms with van der Waals surface area (Å²) in [4.78, 5) is 0. The van der Waals surface area contributed by atoms with E-state index in [0.29, 0.717) is 0 Å². The molecular formula is C10H18N. The van der Waals surface area contributed by atoms with Gasteiger partial charge in [-0.1, -0.05) is 6.08 Å². The second-order valence-electron chi connectivity index (χ2n) is 3.26. The molecule has 1 heteroatoms. The summed E-state index contributed by atoms with van der Waals surface area (Å²) in [5.74, 6) is 0.917. The van der Waals surface area contributed by atoms with Crippen LogP contribution in [-0.4, -0.2) is 13.1 Å². The van der Waals surface area contributed by atoms with Gasteiger partial charge in [0.25, 0.3) is 0 Å². The molecule has 1 saturated carbocycles. The molecule has 1 aliphatic carbocycles. The Bertz CT molecular complexity index is 103. The van der Waals surface area contributed by atoms with Crippen LogP contribution in [0.4, 0.5) is 0 Å². The Balaban J connectivity index is 2.00. The molecule has 0 amide bonds. The highest BCUT2D eigenvalue weighted by Crippen LogP contribution is 2.21. The van der Waals surface area contributed by atoms with Gasteiger partial charge in [-0.2, -0.15) is 0 Å². The first-order valence-electron chi connectivity index (χ1n) is 4.56. The molecule has 0 unspecified atom stereocenters. The van der Waals surface area contributed by atoms with Crippen LogP contribution >= 0.6 is 0 Å². The number of hydrogen-bond donors (Lipinski definition) is 1. The molecule has 1 rings (SSSR count). The van der Waals surface area contributed by atoms with Gasteiger partial charge in [-0.3, -0.25) is 0 Å². The summed E-state index contributed by atoms with van der Waals surface area (Å²) in [5.41, 5.74) is 0. The Morgan fingerprint density at radius 2 is 2.18 bits per heavy atom. The normalized spacial score (nSPS) is 20.0. The van der Waals surface area contributed by atoms with Crippen LogP contribution in [0.15, 0.2) is 12.7 Å². The summed E-state index contributed by atoms with van der Waals surface area (Å²) in [6.45, 7) is 5.81. The molecule has 11 heavy (non-hydrogen) atoms. The summed E-state index contributed by atoms with van der Waals surface area (Å²) < 4.78 is 0. The fraction of sp³-hybridized carbons (Fsp3) is 0.700. The number of nitrogens with one attached hydrogen (secondary N) is 1. The van der Waals surface area contributed by atoms with Crippen LogP contribution in [-0.2, 0) is 0 Å². The molecule has 1 aliphatic rings. The Kier molecular flexibility index (Phi) is 4.29. The molecular weight excluding hydrogens is 134 g/mol. The SMILES string of the molecule is C=CCNCC1CC[CH]CC1. The molecule has 0 spiro atoms. The van der Waals surface area contributed by atoms with E-state index in [2.05, 4.69) is 18.3 Å². The number of rotatable bonds is 4. The quantitative estimate of drug-likeness (QED) is 0.481. The average molecular weight is 152 g/mol. The van der Waals surface area contributed by atoms with Gasteiger partial charge in [0.05, 0.1) is 0 Å². The lowest BCUT2D eigenvalue weighted by molar-refractivity contribution is 0.388. The maximum atomic E-state index is 3.67. The fourth-order valence-corrected chi connectivity index (χ4v) is 1.59. The van der Waals surface area contributed by atoms with Crippen molar-refractivity contribution in [3.63, 3.8) is 0 Å². The van der Waals surface area contributed by atoms with Crippen LogP contribution in [0.5, 0.6) is 0 Å². The van der Waals surface area contributed by atoms with E-state index < -0.39 is 0 Å². The van der Waals surface area contributed by atoms with E-state index in [1.54, 1.807) is 0 Å². The van der Waals surface area contributed by atoms with Crippen molar-refractivity contribution in [3.8, 4) is 0 Å². The monoisotopic (exact) mass is 152 g/mol. The van der Waals surface area contributed by atoms with Crippen molar-refractivity contribution in [3.05, 3.63) is 19.1 Å². The summed E-state index contributed by atoms with van der Waals surface area (Å²) in [6.07, 6.45) is 9.73. The first kappa shape index (κ1) is 8.79. The van der Waals surface area contributed by atoms with E-state index in [9.17, 15) is 0 Å². The van der Waals surface area contributed by atoms with Crippen molar-refractivity contribution < 1.29 is 0 Å². The predicted molar refractivity (Wildman–Crippen MR) is 49.3 cm³/mol. The third kappa shape index (κ3) is 3.57. The Morgan fingerprint density at radius 3 is 2.82 bits per heavy atom. The molecule has 0 aromatic rings. The molecule has 1 nitrogen and oxygen atoms in total. The second-order valence-corrected chi connectivity index (χ2v) is 3.26. The van der Waals surface area contributed by atoms with Gasteiger partial charge in [0.2, 0.25) is 0 Å². The largest absolute Gasteiger partial charge is 0.313 e. The third-order valence-corrected chi connectivity index (χ3v) is 2.28. The smallest absolute Gasteiger partial charge is 0.0132 e. The van der Waals surface area contributed by atoms with Gasteiger partial charge in [-0.15, -0.1) is 6.58 Å². The van der Waals surface area contributed by atoms with Crippen LogP contribution in [0.25, 0.3) is 0 Å². The lowest BCUT2D eigenvalue weighted by Crippen LogP contribution is -2.24. The molecule has 0 aromatic carbocycles. The van der Waals surface area contributed by atoms with Crippen LogP contribution < -0.4 is 5.32 Å². The van der Waals surface area contributed by atoms with Crippen LogP contribution in [0.2, 0.25) is 0 Å². The molecule has 0 saturated heterocycles. The molecule has 63 valence electrons. The molecule has 0 bridgehead atoms. The van der Waals surface area contributed by atoms with Gasteiger partial charge >= 0.3 is 0 Å². The van der Waals surface area contributed by atoms with E-state index >= 15 is 0 Å². The Morgan fingerprint density at radius 1 is 1.45 bits per heavy atom. The van der Waals surface area contributed by atoms with Crippen molar-refractivity contribution in [2.24, 2.45) is 5.92 Å². The zero-order valence-corrected chi connectivity index (χ0v) is 7.18. The van der Waals surface area contributed by atoms with Crippen molar-refractivity contribution in [1.82, 2.24) is 5.32 Å². The van der Waals surface area contributed by atoms with Crippen LogP contribution in [0.1, 0.15) is 25.7 Å². The molecule has 1 radical (unpaired) electrons. The molecule has 0 aromatic heterocycles. The van der Waals surface area contributed by atoms with Gasteiger partial charge in [0.15, 0.2) is 0 Å². The van der Waals surface area contributed by atoms with Gasteiger partial charge in [-0.05, 0) is 44.6 Å². The van der Waals surface area contributed by atoms with E-state index in [1.165, 1.54) is 32.2 Å². The predicted octanol–water partition coefficient (Wildman–Crippen LogP) is 2.16. The molecule has 0 aliphatic heterocycles. The molecule has 0 heterocycles. The van der Waals surface area contributed by atoms with Gasteiger partial charge < -0.3 is 5.32 Å². The Hall–Kier alpha value is -0.300. The lowest BCUT2D eigenvalue weighted by Gasteiger charge is -2.21. The summed E-state index contributed by atoms with van der Waals surface area (Å²) >= 11 is 0. The zero-order valence-electron chi connectivity index (χ0n) is 7.18. The second kappa shape index (κ2) is 5.36. The maximum absolute atomic E-state index is 3.67. The first-order chi connectivity index (χ1) is 5.43. The summed E-state index contributed by atoms with van der Waals surface area (Å²) in [6, 6.07) is 0. The highest BCUT2D eigenvalue weighted by atomic mass is 14.8. The minimum atomic E-state index is 0.917. The third-order valence-electron chi connectivity index (χ3n) is 2.28. The van der Waals surface area contributed by atoms with Gasteiger partial charge in [0.1, 0.15) is 0 Å². The van der Waals surface area contributed by atoms with E-state index in [4.69, 9.17) is 0 Å². The first-order valence-corrected chi connectivity index (χ1v) is 4.56. The summed E-state index contributed by atoms with van der Waals surface area (Å²) in [5, 5.41) is 3.37. The van der Waals surface area contributed by atoms with E-state index in [1.807, 2.05) is 6.08 Å². The molecule has 1 N–H and O–H groups in total. The summed E-state index contributed by atoms with van der Waals surface area (Å²) in [7, 11) is 0. The minimum Gasteiger partial charge on any atom is -0.313 e. The average Bonchev–Trinajstić information content (AvgIpc) is 2.07. The topological polar surface area (TPSA) is 12.0 Å². The highest BCUT2D eigenvalue weighted by molar-refractivity contribution is 4.79. The van der Waals surface area contributed by atoms with Crippen molar-refractivity contribution >= 4 is 0 Å². The van der Waals surface area contributed by atoms with Crippen molar-refractivity contribution in [1.29, 1.82) is 0 Å². The molecule has 0 atom stereocenters. The zero-order chi connectivity index (χ0) is 7.94. The Labute approximate surface area is 69.9 Å². The maximum Gasteiger partial charge on any atom is 0.0132 e. The van der Waals surface area contributed by atoms with E-state index in [-0.39, 0.29) is 0 Å². The van der Waals surface area contributed by atoms with Crippen molar-refractivity contribution in [2.75, 3.05) is 13.1 Å². The van der Waals surface area contributed by atoms with E-state index in [0.717, 1.165) is 12.5 Å². The van der Waals surface area contributed by atoms with Crippen LogP contribution in [0.3, 0.4) is 0 Å². The van der Waals surface area contributed by atoms with Gasteiger partial charge in [-0.25, -0.2) is 0 Å². The fourth-order valence-electron chi connectivity index (χ4n) is 1.59. The number of hydrogen-bond acceptors (Lipinski definition) is 1. The standard InChI is InChI=1S/C10H18N/c1-2-8-11-9-10-6-4-3-5-7-10/h2-3,10-11H,1,4-9H2. The minimum absolute atomic E-state index is 0.917. The lowest BCUT2D eigenvalue weighted by atomic mass is 9.89.